The molecule has 0 aliphatic rings. The van der Waals surface area contributed by atoms with Gasteiger partial charge in [0.05, 0.1) is 5.38 Å². The Kier molecular flexibility index (Phi) is 3.84. The van der Waals surface area contributed by atoms with Gasteiger partial charge in [-0.15, -0.1) is 11.6 Å². The average Bonchev–Trinajstić information content (AvgIpc) is 2.04. The van der Waals surface area contributed by atoms with Gasteiger partial charge in [0.15, 0.2) is 0 Å². The zero-order valence-corrected chi connectivity index (χ0v) is 8.68. The summed E-state index contributed by atoms with van der Waals surface area (Å²) in [5, 5.41) is 3.32. The summed E-state index contributed by atoms with van der Waals surface area (Å²) in [5.41, 5.74) is 2.17. The first kappa shape index (κ1) is 10.1. The lowest BCUT2D eigenvalue weighted by Crippen LogP contribution is -1.97. The molecule has 13 heavy (non-hydrogen) atoms. The fourth-order valence-corrected chi connectivity index (χ4v) is 1.32. The van der Waals surface area contributed by atoms with Crippen LogP contribution in [0.4, 0.5) is 5.69 Å². The highest BCUT2D eigenvalue weighted by atomic mass is 35.5. The first-order chi connectivity index (χ1) is 6.18. The van der Waals surface area contributed by atoms with E-state index in [4.69, 9.17) is 11.6 Å². The van der Waals surface area contributed by atoms with E-state index >= 15 is 0 Å². The Morgan fingerprint density at radius 3 is 2.54 bits per heavy atom. The second kappa shape index (κ2) is 4.93. The van der Waals surface area contributed by atoms with E-state index in [-0.39, 0.29) is 5.38 Å². The van der Waals surface area contributed by atoms with Crippen LogP contribution in [0.3, 0.4) is 0 Å². The number of benzene rings is 1. The minimum atomic E-state index is 0.0659. The van der Waals surface area contributed by atoms with Crippen LogP contribution in [0.5, 0.6) is 0 Å². The van der Waals surface area contributed by atoms with E-state index in [2.05, 4.69) is 5.32 Å². The van der Waals surface area contributed by atoms with Crippen molar-refractivity contribution in [2.45, 2.75) is 19.2 Å². The lowest BCUT2D eigenvalue weighted by molar-refractivity contribution is 1.18. The molecule has 0 aliphatic heterocycles. The van der Waals surface area contributed by atoms with Crippen molar-refractivity contribution in [1.29, 1.82) is 0 Å². The van der Waals surface area contributed by atoms with Gasteiger partial charge in [0.2, 0.25) is 0 Å². The Balaban J connectivity index is 2.60. The molecule has 1 unspecified atom stereocenters. The number of para-hydroxylation sites is 1. The Morgan fingerprint density at radius 1 is 1.38 bits per heavy atom. The van der Waals surface area contributed by atoms with E-state index in [0.717, 1.165) is 11.4 Å². The van der Waals surface area contributed by atoms with Gasteiger partial charge >= 0.3 is 0 Å². The average molecular weight is 196 g/mol. The van der Waals surface area contributed by atoms with Crippen LogP contribution in [-0.4, -0.2) is 5.38 Å². The van der Waals surface area contributed by atoms with Gasteiger partial charge < -0.3 is 5.32 Å². The van der Waals surface area contributed by atoms with Gasteiger partial charge in [0, 0.05) is 11.4 Å². The molecular formula is C11H14ClN. The number of anilines is 1. The highest BCUT2D eigenvalue weighted by Gasteiger charge is 1.93. The summed E-state index contributed by atoms with van der Waals surface area (Å²) in [6.07, 6.45) is 1.98. The van der Waals surface area contributed by atoms with E-state index < -0.39 is 0 Å². The summed E-state index contributed by atoms with van der Waals surface area (Å²) in [6, 6.07) is 10.0. The van der Waals surface area contributed by atoms with Crippen LogP contribution in [0.25, 0.3) is 0 Å². The molecule has 0 amide bonds. The largest absolute Gasteiger partial charge is 0.359 e. The van der Waals surface area contributed by atoms with E-state index in [1.807, 2.05) is 50.3 Å². The molecule has 2 heteroatoms. The second-order valence-corrected chi connectivity index (χ2v) is 3.71. The van der Waals surface area contributed by atoms with Crippen molar-refractivity contribution < 1.29 is 0 Å². The molecule has 1 N–H and O–H groups in total. The summed E-state index contributed by atoms with van der Waals surface area (Å²) in [5.74, 6) is 0. The SMILES string of the molecule is C/C(=C\C(C)Cl)Nc1ccccc1. The highest BCUT2D eigenvalue weighted by Crippen LogP contribution is 2.09. The lowest BCUT2D eigenvalue weighted by Gasteiger charge is -2.06. The topological polar surface area (TPSA) is 12.0 Å². The molecule has 0 fully saturated rings. The number of hydrogen-bond donors (Lipinski definition) is 1. The van der Waals surface area contributed by atoms with Crippen molar-refractivity contribution in [3.8, 4) is 0 Å². The predicted molar refractivity (Wildman–Crippen MR) is 59.1 cm³/mol. The zero-order chi connectivity index (χ0) is 9.68. The van der Waals surface area contributed by atoms with Gasteiger partial charge in [-0.2, -0.15) is 0 Å². The summed E-state index contributed by atoms with van der Waals surface area (Å²) < 4.78 is 0. The summed E-state index contributed by atoms with van der Waals surface area (Å²) in [6.45, 7) is 3.95. The standard InChI is InChI=1S/C11H14ClN/c1-9(12)8-10(2)13-11-6-4-3-5-7-11/h3-9,13H,1-2H3/b10-8+. The smallest absolute Gasteiger partial charge is 0.0507 e. The summed E-state index contributed by atoms with van der Waals surface area (Å²) >= 11 is 5.82. The van der Waals surface area contributed by atoms with Crippen LogP contribution < -0.4 is 5.32 Å². The van der Waals surface area contributed by atoms with Crippen molar-refractivity contribution in [3.05, 3.63) is 42.1 Å². The molecule has 70 valence electrons. The molecule has 0 saturated carbocycles. The molecule has 0 heterocycles. The maximum absolute atomic E-state index is 5.82. The number of nitrogens with one attached hydrogen (secondary N) is 1. The summed E-state index contributed by atoms with van der Waals surface area (Å²) in [7, 11) is 0. The quantitative estimate of drug-likeness (QED) is 0.727. The van der Waals surface area contributed by atoms with Gasteiger partial charge in [0.25, 0.3) is 0 Å². The van der Waals surface area contributed by atoms with Gasteiger partial charge in [-0.05, 0) is 32.1 Å². The van der Waals surface area contributed by atoms with E-state index in [9.17, 15) is 0 Å². The Hall–Kier alpha value is -0.950. The minimum Gasteiger partial charge on any atom is -0.359 e. The fraction of sp³-hybridized carbons (Fsp3) is 0.273. The number of allylic oxidation sites excluding steroid dienone is 2. The van der Waals surface area contributed by atoms with Crippen molar-refractivity contribution in [3.63, 3.8) is 0 Å². The van der Waals surface area contributed by atoms with Crippen LogP contribution in [0.1, 0.15) is 13.8 Å². The molecule has 0 aromatic heterocycles. The minimum absolute atomic E-state index is 0.0659. The van der Waals surface area contributed by atoms with Crippen molar-refractivity contribution in [1.82, 2.24) is 0 Å². The molecule has 0 aliphatic carbocycles. The molecule has 1 atom stereocenters. The molecule has 0 bridgehead atoms. The predicted octanol–water partition coefficient (Wildman–Crippen LogP) is 3.63. The van der Waals surface area contributed by atoms with E-state index in [0.29, 0.717) is 0 Å². The number of rotatable bonds is 3. The first-order valence-corrected chi connectivity index (χ1v) is 4.76. The monoisotopic (exact) mass is 195 g/mol. The second-order valence-electron chi connectivity index (χ2n) is 3.02. The third-order valence-electron chi connectivity index (χ3n) is 1.59. The maximum atomic E-state index is 5.82. The van der Waals surface area contributed by atoms with Gasteiger partial charge in [-0.1, -0.05) is 18.2 Å². The highest BCUT2D eigenvalue weighted by molar-refractivity contribution is 6.21. The molecule has 0 spiro atoms. The van der Waals surface area contributed by atoms with Gasteiger partial charge in [0.1, 0.15) is 0 Å². The third kappa shape index (κ3) is 4.00. The van der Waals surface area contributed by atoms with Crippen LogP contribution in [0.2, 0.25) is 0 Å². The normalized spacial score (nSPS) is 13.9. The Labute approximate surface area is 84.4 Å². The van der Waals surface area contributed by atoms with Crippen LogP contribution >= 0.6 is 11.6 Å². The van der Waals surface area contributed by atoms with Gasteiger partial charge in [-0.3, -0.25) is 0 Å². The number of alkyl halides is 1. The van der Waals surface area contributed by atoms with Crippen LogP contribution in [0.15, 0.2) is 42.1 Å². The van der Waals surface area contributed by atoms with E-state index in [1.54, 1.807) is 0 Å². The Bertz CT molecular complexity index is 277. The van der Waals surface area contributed by atoms with Crippen molar-refractivity contribution >= 4 is 17.3 Å². The number of halogens is 1. The van der Waals surface area contributed by atoms with Crippen molar-refractivity contribution in [2.24, 2.45) is 0 Å². The van der Waals surface area contributed by atoms with Crippen molar-refractivity contribution in [2.75, 3.05) is 5.32 Å². The molecule has 1 rings (SSSR count). The first-order valence-electron chi connectivity index (χ1n) is 4.33. The maximum Gasteiger partial charge on any atom is 0.0507 e. The van der Waals surface area contributed by atoms with Gasteiger partial charge in [-0.25, -0.2) is 0 Å². The number of hydrogen-bond acceptors (Lipinski definition) is 1. The molecule has 1 aromatic rings. The molecular weight excluding hydrogens is 182 g/mol. The Morgan fingerprint density at radius 2 is 2.00 bits per heavy atom. The van der Waals surface area contributed by atoms with Crippen LogP contribution in [0, 0.1) is 0 Å². The third-order valence-corrected chi connectivity index (χ3v) is 1.72. The zero-order valence-electron chi connectivity index (χ0n) is 7.92. The molecule has 0 radical (unpaired) electrons. The lowest BCUT2D eigenvalue weighted by atomic mass is 10.3. The molecule has 1 aromatic carbocycles. The van der Waals surface area contributed by atoms with Crippen LogP contribution in [-0.2, 0) is 0 Å². The molecule has 0 saturated heterocycles. The fourth-order valence-electron chi connectivity index (χ4n) is 1.14. The molecule has 1 nitrogen and oxygen atoms in total. The summed E-state index contributed by atoms with van der Waals surface area (Å²) in [4.78, 5) is 0. The van der Waals surface area contributed by atoms with E-state index in [1.165, 1.54) is 0 Å².